The number of carbonyl (C=O) groups excluding carboxylic acids is 1. The van der Waals surface area contributed by atoms with Crippen molar-refractivity contribution in [3.63, 3.8) is 0 Å². The molecule has 1 amide bonds. The van der Waals surface area contributed by atoms with Gasteiger partial charge < -0.3 is 10.2 Å². The zero-order chi connectivity index (χ0) is 13.2. The molecule has 0 aliphatic carbocycles. The lowest BCUT2D eigenvalue weighted by atomic mass is 9.92. The predicted molar refractivity (Wildman–Crippen MR) is 84.1 cm³/mol. The molecule has 2 atom stereocenters. The van der Waals surface area contributed by atoms with Gasteiger partial charge in [-0.3, -0.25) is 4.79 Å². The third kappa shape index (κ3) is 2.94. The van der Waals surface area contributed by atoms with Crippen molar-refractivity contribution in [3.05, 3.63) is 33.4 Å². The van der Waals surface area contributed by atoms with E-state index in [0.717, 1.165) is 56.4 Å². The summed E-state index contributed by atoms with van der Waals surface area (Å²) in [6, 6.07) is 7.89. The van der Waals surface area contributed by atoms with Crippen LogP contribution >= 0.6 is 22.6 Å². The van der Waals surface area contributed by atoms with Crippen molar-refractivity contribution in [3.8, 4) is 0 Å². The van der Waals surface area contributed by atoms with E-state index in [1.54, 1.807) is 0 Å². The predicted octanol–water partition coefficient (Wildman–Crippen LogP) is 2.36. The van der Waals surface area contributed by atoms with E-state index < -0.39 is 0 Å². The van der Waals surface area contributed by atoms with Crippen molar-refractivity contribution in [1.82, 2.24) is 10.2 Å². The van der Waals surface area contributed by atoms with Crippen LogP contribution in [0.3, 0.4) is 0 Å². The smallest absolute Gasteiger partial charge is 0.253 e. The Morgan fingerprint density at radius 3 is 2.26 bits per heavy atom. The van der Waals surface area contributed by atoms with Crippen LogP contribution in [0.25, 0.3) is 0 Å². The molecule has 1 N–H and O–H groups in total. The summed E-state index contributed by atoms with van der Waals surface area (Å²) in [4.78, 5) is 14.5. The lowest BCUT2D eigenvalue weighted by molar-refractivity contribution is 0.0758. The van der Waals surface area contributed by atoms with Crippen LogP contribution in [-0.4, -0.2) is 37.0 Å². The molecule has 2 aliphatic heterocycles. The fraction of sp³-hybridized carbons (Fsp3) is 0.533. The number of nitrogens with one attached hydrogen (secondary N) is 1. The lowest BCUT2D eigenvalue weighted by Gasteiger charge is -2.21. The molecule has 3 rings (SSSR count). The first kappa shape index (κ1) is 13.4. The quantitative estimate of drug-likeness (QED) is 0.770. The van der Waals surface area contributed by atoms with Gasteiger partial charge in [0.25, 0.3) is 5.91 Å². The van der Waals surface area contributed by atoms with Gasteiger partial charge >= 0.3 is 0 Å². The average molecular weight is 370 g/mol. The van der Waals surface area contributed by atoms with Crippen molar-refractivity contribution in [2.45, 2.75) is 12.8 Å². The molecule has 0 saturated carbocycles. The Balaban J connectivity index is 1.68. The summed E-state index contributed by atoms with van der Waals surface area (Å²) in [7, 11) is 0. The zero-order valence-corrected chi connectivity index (χ0v) is 13.1. The SMILES string of the molecule is O=C(c1ccc(I)cc1)N1CC[C@@H]2CNC[C@@H]2CC1. The molecule has 1 aromatic rings. The Labute approximate surface area is 127 Å². The van der Waals surface area contributed by atoms with Gasteiger partial charge in [-0.2, -0.15) is 0 Å². The van der Waals surface area contributed by atoms with Crippen molar-refractivity contribution >= 4 is 28.5 Å². The van der Waals surface area contributed by atoms with E-state index in [-0.39, 0.29) is 5.91 Å². The fourth-order valence-electron chi connectivity index (χ4n) is 3.20. The van der Waals surface area contributed by atoms with Gasteiger partial charge in [-0.1, -0.05) is 0 Å². The van der Waals surface area contributed by atoms with Crippen molar-refractivity contribution < 1.29 is 4.79 Å². The molecule has 2 aliphatic rings. The van der Waals surface area contributed by atoms with E-state index >= 15 is 0 Å². The fourth-order valence-corrected chi connectivity index (χ4v) is 3.56. The highest BCUT2D eigenvalue weighted by Gasteiger charge is 2.31. The number of likely N-dealkylation sites (tertiary alicyclic amines) is 1. The van der Waals surface area contributed by atoms with E-state index in [0.29, 0.717) is 0 Å². The largest absolute Gasteiger partial charge is 0.339 e. The minimum Gasteiger partial charge on any atom is -0.339 e. The standard InChI is InChI=1S/C15H19IN2O/c16-14-3-1-11(2-4-14)15(19)18-7-5-12-9-17-10-13(12)6-8-18/h1-4,12-13,17H,5-10H2/t12-,13+. The van der Waals surface area contributed by atoms with E-state index in [2.05, 4.69) is 27.9 Å². The Kier molecular flexibility index (Phi) is 4.07. The summed E-state index contributed by atoms with van der Waals surface area (Å²) in [5, 5.41) is 3.47. The number of halogens is 1. The normalized spacial score (nSPS) is 26.9. The summed E-state index contributed by atoms with van der Waals surface area (Å²) in [5.41, 5.74) is 0.825. The second kappa shape index (κ2) is 5.79. The molecule has 102 valence electrons. The maximum Gasteiger partial charge on any atom is 0.253 e. The summed E-state index contributed by atoms with van der Waals surface area (Å²) >= 11 is 2.27. The lowest BCUT2D eigenvalue weighted by Crippen LogP contribution is -2.32. The highest BCUT2D eigenvalue weighted by Crippen LogP contribution is 2.27. The van der Waals surface area contributed by atoms with Gasteiger partial charge in [0.15, 0.2) is 0 Å². The van der Waals surface area contributed by atoms with Gasteiger partial charge in [-0.05, 0) is 84.6 Å². The van der Waals surface area contributed by atoms with E-state index in [9.17, 15) is 4.79 Å². The summed E-state index contributed by atoms with van der Waals surface area (Å²) in [6.45, 7) is 4.09. The molecule has 2 heterocycles. The Morgan fingerprint density at radius 1 is 1.11 bits per heavy atom. The van der Waals surface area contributed by atoms with Crippen LogP contribution < -0.4 is 5.32 Å². The van der Waals surface area contributed by atoms with Gasteiger partial charge in [0.05, 0.1) is 0 Å². The topological polar surface area (TPSA) is 32.3 Å². The third-order valence-corrected chi connectivity index (χ3v) is 5.12. The number of nitrogens with zero attached hydrogens (tertiary/aromatic N) is 1. The number of carbonyl (C=O) groups is 1. The van der Waals surface area contributed by atoms with Crippen molar-refractivity contribution in [1.29, 1.82) is 0 Å². The monoisotopic (exact) mass is 370 g/mol. The molecular weight excluding hydrogens is 351 g/mol. The van der Waals surface area contributed by atoms with Crippen LogP contribution in [0.15, 0.2) is 24.3 Å². The molecule has 0 unspecified atom stereocenters. The van der Waals surface area contributed by atoms with Crippen LogP contribution in [0.4, 0.5) is 0 Å². The molecule has 3 nitrogen and oxygen atoms in total. The second-order valence-corrected chi connectivity index (χ2v) is 6.80. The molecule has 4 heteroatoms. The summed E-state index contributed by atoms with van der Waals surface area (Å²) < 4.78 is 1.17. The van der Waals surface area contributed by atoms with Gasteiger partial charge in [-0.15, -0.1) is 0 Å². The zero-order valence-electron chi connectivity index (χ0n) is 10.9. The van der Waals surface area contributed by atoms with Crippen LogP contribution in [-0.2, 0) is 0 Å². The number of fused-ring (bicyclic) bond motifs is 1. The number of hydrogen-bond donors (Lipinski definition) is 1. The first-order chi connectivity index (χ1) is 9.24. The molecule has 1 aromatic carbocycles. The van der Waals surface area contributed by atoms with Crippen LogP contribution in [0.2, 0.25) is 0 Å². The van der Waals surface area contributed by atoms with Crippen LogP contribution in [0.5, 0.6) is 0 Å². The van der Waals surface area contributed by atoms with Crippen LogP contribution in [0.1, 0.15) is 23.2 Å². The minimum atomic E-state index is 0.198. The van der Waals surface area contributed by atoms with Gasteiger partial charge in [0.2, 0.25) is 0 Å². The molecule has 0 radical (unpaired) electrons. The van der Waals surface area contributed by atoms with Gasteiger partial charge in [0.1, 0.15) is 0 Å². The molecular formula is C15H19IN2O. The Hall–Kier alpha value is -0.620. The van der Waals surface area contributed by atoms with Crippen LogP contribution in [0, 0.1) is 15.4 Å². The number of amides is 1. The van der Waals surface area contributed by atoms with Gasteiger partial charge in [0, 0.05) is 22.2 Å². The van der Waals surface area contributed by atoms with Gasteiger partial charge in [-0.25, -0.2) is 0 Å². The number of rotatable bonds is 1. The molecule has 19 heavy (non-hydrogen) atoms. The highest BCUT2D eigenvalue weighted by atomic mass is 127. The maximum absolute atomic E-state index is 12.5. The highest BCUT2D eigenvalue weighted by molar-refractivity contribution is 14.1. The Bertz CT molecular complexity index is 446. The van der Waals surface area contributed by atoms with E-state index in [4.69, 9.17) is 0 Å². The minimum absolute atomic E-state index is 0.198. The second-order valence-electron chi connectivity index (χ2n) is 5.55. The summed E-state index contributed by atoms with van der Waals surface area (Å²) in [5.74, 6) is 1.74. The van der Waals surface area contributed by atoms with Crippen molar-refractivity contribution in [2.75, 3.05) is 26.2 Å². The van der Waals surface area contributed by atoms with E-state index in [1.165, 1.54) is 3.57 Å². The number of hydrogen-bond acceptors (Lipinski definition) is 2. The molecule has 0 aromatic heterocycles. The molecule has 2 fully saturated rings. The summed E-state index contributed by atoms with van der Waals surface area (Å²) in [6.07, 6.45) is 2.29. The average Bonchev–Trinajstić information content (AvgIpc) is 2.78. The number of benzene rings is 1. The van der Waals surface area contributed by atoms with Crippen molar-refractivity contribution in [2.24, 2.45) is 11.8 Å². The van der Waals surface area contributed by atoms with E-state index in [1.807, 2.05) is 29.2 Å². The molecule has 0 spiro atoms. The molecule has 2 saturated heterocycles. The maximum atomic E-state index is 12.5. The third-order valence-electron chi connectivity index (χ3n) is 4.40. The Morgan fingerprint density at radius 2 is 1.68 bits per heavy atom. The molecule has 0 bridgehead atoms. The first-order valence-electron chi connectivity index (χ1n) is 6.99. The first-order valence-corrected chi connectivity index (χ1v) is 8.07.